The summed E-state index contributed by atoms with van der Waals surface area (Å²) in [5.41, 5.74) is 6.16. The van der Waals surface area contributed by atoms with Gasteiger partial charge in [0.2, 0.25) is 0 Å². The van der Waals surface area contributed by atoms with Gasteiger partial charge in [0, 0.05) is 11.6 Å². The fourth-order valence-electron chi connectivity index (χ4n) is 1.60. The molecule has 0 heterocycles. The molecule has 0 aliphatic rings. The summed E-state index contributed by atoms with van der Waals surface area (Å²) in [5, 5.41) is 8.62. The van der Waals surface area contributed by atoms with Crippen molar-refractivity contribution in [3.63, 3.8) is 0 Å². The number of rotatable bonds is 4. The van der Waals surface area contributed by atoms with Crippen LogP contribution in [0.1, 0.15) is 33.9 Å². The summed E-state index contributed by atoms with van der Waals surface area (Å²) in [7, 11) is 1.21. The van der Waals surface area contributed by atoms with E-state index in [1.54, 1.807) is 6.92 Å². The zero-order chi connectivity index (χ0) is 13.9. The molecule has 98 valence electrons. The summed E-state index contributed by atoms with van der Waals surface area (Å²) >= 11 is 0. The first-order valence-electron chi connectivity index (χ1n) is 5.22. The minimum atomic E-state index is -1.14. The molecule has 0 aromatic heterocycles. The number of aliphatic carboxylic acids is 1. The zero-order valence-electron chi connectivity index (χ0n) is 10.1. The molecule has 18 heavy (non-hydrogen) atoms. The highest BCUT2D eigenvalue weighted by atomic mass is 19.1. The molecule has 0 spiro atoms. The lowest BCUT2D eigenvalue weighted by Gasteiger charge is -2.13. The summed E-state index contributed by atoms with van der Waals surface area (Å²) in [6.07, 6.45) is -0.416. The maximum absolute atomic E-state index is 13.7. The van der Waals surface area contributed by atoms with Crippen LogP contribution in [0.3, 0.4) is 0 Å². The minimum Gasteiger partial charge on any atom is -0.481 e. The minimum absolute atomic E-state index is 0.0107. The van der Waals surface area contributed by atoms with Gasteiger partial charge in [-0.1, -0.05) is 0 Å². The maximum Gasteiger partial charge on any atom is 0.338 e. The van der Waals surface area contributed by atoms with E-state index < -0.39 is 30.2 Å². The molecule has 6 heteroatoms. The summed E-state index contributed by atoms with van der Waals surface area (Å²) in [6, 6.07) is 1.37. The molecule has 5 nitrogen and oxygen atoms in total. The van der Waals surface area contributed by atoms with Crippen LogP contribution in [0.15, 0.2) is 12.1 Å². The number of ether oxygens (including phenoxy) is 1. The molecule has 0 bridgehead atoms. The van der Waals surface area contributed by atoms with Crippen LogP contribution in [-0.2, 0) is 9.53 Å². The van der Waals surface area contributed by atoms with E-state index >= 15 is 0 Å². The van der Waals surface area contributed by atoms with Gasteiger partial charge in [0.1, 0.15) is 5.82 Å². The summed E-state index contributed by atoms with van der Waals surface area (Å²) in [5.74, 6) is -2.38. The van der Waals surface area contributed by atoms with Crippen LogP contribution in [0.2, 0.25) is 0 Å². The summed E-state index contributed by atoms with van der Waals surface area (Å²) in [6.45, 7) is 1.56. The molecule has 1 atom stereocenters. The monoisotopic (exact) mass is 255 g/mol. The number of halogens is 1. The number of hydrogen-bond donors (Lipinski definition) is 2. The fourth-order valence-corrected chi connectivity index (χ4v) is 1.60. The topological polar surface area (TPSA) is 89.6 Å². The molecule has 1 unspecified atom stereocenters. The van der Waals surface area contributed by atoms with Crippen LogP contribution < -0.4 is 5.73 Å². The van der Waals surface area contributed by atoms with Crippen molar-refractivity contribution in [3.8, 4) is 0 Å². The number of methoxy groups -OCH3 is 1. The molecule has 0 fully saturated rings. The Hall–Kier alpha value is -1.95. The molecule has 1 aromatic rings. The number of carbonyl (C=O) groups is 2. The van der Waals surface area contributed by atoms with Crippen molar-refractivity contribution < 1.29 is 23.8 Å². The van der Waals surface area contributed by atoms with Gasteiger partial charge in [-0.15, -0.1) is 0 Å². The molecule has 0 aliphatic heterocycles. The molecule has 1 rings (SSSR count). The SMILES string of the molecule is COC(=O)c1cc(C(N)CC(=O)O)c(F)cc1C. The second kappa shape index (κ2) is 5.59. The van der Waals surface area contributed by atoms with E-state index in [9.17, 15) is 14.0 Å². The van der Waals surface area contributed by atoms with E-state index in [0.29, 0.717) is 5.56 Å². The van der Waals surface area contributed by atoms with E-state index in [4.69, 9.17) is 10.8 Å². The van der Waals surface area contributed by atoms with Crippen LogP contribution >= 0.6 is 0 Å². The number of nitrogens with two attached hydrogens (primary N) is 1. The first-order chi connectivity index (χ1) is 8.36. The van der Waals surface area contributed by atoms with E-state index in [0.717, 1.165) is 6.07 Å². The lowest BCUT2D eigenvalue weighted by atomic mass is 9.98. The Balaban J connectivity index is 3.20. The van der Waals surface area contributed by atoms with Gasteiger partial charge in [-0.2, -0.15) is 0 Å². The molecule has 0 saturated heterocycles. The number of aryl methyl sites for hydroxylation is 1. The van der Waals surface area contributed by atoms with Gasteiger partial charge in [0.15, 0.2) is 0 Å². The number of benzene rings is 1. The van der Waals surface area contributed by atoms with Crippen LogP contribution in [0.4, 0.5) is 4.39 Å². The van der Waals surface area contributed by atoms with Gasteiger partial charge < -0.3 is 15.6 Å². The van der Waals surface area contributed by atoms with E-state index in [1.165, 1.54) is 13.2 Å². The highest BCUT2D eigenvalue weighted by Gasteiger charge is 2.19. The Morgan fingerprint density at radius 3 is 2.61 bits per heavy atom. The molecule has 3 N–H and O–H groups in total. The van der Waals surface area contributed by atoms with E-state index in [2.05, 4.69) is 4.74 Å². The quantitative estimate of drug-likeness (QED) is 0.793. The van der Waals surface area contributed by atoms with Gasteiger partial charge in [0.05, 0.1) is 19.1 Å². The Labute approximate surface area is 103 Å². The predicted molar refractivity (Wildman–Crippen MR) is 61.7 cm³/mol. The number of carboxylic acids is 1. The van der Waals surface area contributed by atoms with Gasteiger partial charge in [0.25, 0.3) is 0 Å². The van der Waals surface area contributed by atoms with E-state index in [-0.39, 0.29) is 11.1 Å². The van der Waals surface area contributed by atoms with Crippen LogP contribution in [-0.4, -0.2) is 24.2 Å². The Morgan fingerprint density at radius 1 is 1.50 bits per heavy atom. The molecular formula is C12H14FNO4. The van der Waals surface area contributed by atoms with Crippen molar-refractivity contribution in [1.29, 1.82) is 0 Å². The average Bonchev–Trinajstić information content (AvgIpc) is 2.27. The van der Waals surface area contributed by atoms with Crippen LogP contribution in [0, 0.1) is 12.7 Å². The summed E-state index contributed by atoms with van der Waals surface area (Å²) in [4.78, 5) is 22.0. The Morgan fingerprint density at radius 2 is 2.11 bits per heavy atom. The highest BCUT2D eigenvalue weighted by Crippen LogP contribution is 2.22. The van der Waals surface area contributed by atoms with Crippen LogP contribution in [0.25, 0.3) is 0 Å². The predicted octanol–water partition coefficient (Wildman–Crippen LogP) is 1.40. The van der Waals surface area contributed by atoms with Gasteiger partial charge in [-0.05, 0) is 24.6 Å². The van der Waals surface area contributed by atoms with Gasteiger partial charge in [-0.3, -0.25) is 4.79 Å². The number of carboxylic acid groups (broad SMARTS) is 1. The smallest absolute Gasteiger partial charge is 0.338 e. The van der Waals surface area contributed by atoms with Gasteiger partial charge in [-0.25, -0.2) is 9.18 Å². The standard InChI is InChI=1S/C12H14FNO4/c1-6-3-9(13)8(10(14)5-11(15)16)4-7(6)12(17)18-2/h3-4,10H,5,14H2,1-2H3,(H,15,16). The Kier molecular flexibility index (Phi) is 4.38. The lowest BCUT2D eigenvalue weighted by Crippen LogP contribution is -2.18. The van der Waals surface area contributed by atoms with Crippen molar-refractivity contribution in [2.24, 2.45) is 5.73 Å². The maximum atomic E-state index is 13.7. The molecule has 0 radical (unpaired) electrons. The third-order valence-electron chi connectivity index (χ3n) is 2.54. The number of carbonyl (C=O) groups excluding carboxylic acids is 1. The first kappa shape index (κ1) is 14.1. The molecule has 1 aromatic carbocycles. The normalized spacial score (nSPS) is 12.0. The molecule has 0 amide bonds. The van der Waals surface area contributed by atoms with Crippen LogP contribution in [0.5, 0.6) is 0 Å². The van der Waals surface area contributed by atoms with Crippen molar-refractivity contribution in [2.45, 2.75) is 19.4 Å². The third-order valence-corrected chi connectivity index (χ3v) is 2.54. The average molecular weight is 255 g/mol. The van der Waals surface area contributed by atoms with Crippen molar-refractivity contribution in [3.05, 3.63) is 34.6 Å². The number of hydrogen-bond acceptors (Lipinski definition) is 4. The zero-order valence-corrected chi connectivity index (χ0v) is 10.1. The van der Waals surface area contributed by atoms with Crippen molar-refractivity contribution in [1.82, 2.24) is 0 Å². The molecular weight excluding hydrogens is 241 g/mol. The fraction of sp³-hybridized carbons (Fsp3) is 0.333. The summed E-state index contributed by atoms with van der Waals surface area (Å²) < 4.78 is 18.2. The second-order valence-electron chi connectivity index (χ2n) is 3.88. The van der Waals surface area contributed by atoms with Crippen molar-refractivity contribution in [2.75, 3.05) is 7.11 Å². The largest absolute Gasteiger partial charge is 0.481 e. The Bertz CT molecular complexity index is 487. The highest BCUT2D eigenvalue weighted by molar-refractivity contribution is 5.91. The third kappa shape index (κ3) is 3.04. The molecule has 0 saturated carbocycles. The number of esters is 1. The molecule has 0 aliphatic carbocycles. The lowest BCUT2D eigenvalue weighted by molar-refractivity contribution is -0.137. The first-order valence-corrected chi connectivity index (χ1v) is 5.22. The second-order valence-corrected chi connectivity index (χ2v) is 3.88. The van der Waals surface area contributed by atoms with Crippen molar-refractivity contribution >= 4 is 11.9 Å². The van der Waals surface area contributed by atoms with Gasteiger partial charge >= 0.3 is 11.9 Å². The van der Waals surface area contributed by atoms with E-state index in [1.807, 2.05) is 0 Å².